The zero-order chi connectivity index (χ0) is 29.1. The molecule has 0 aromatic heterocycles. The van der Waals surface area contributed by atoms with Gasteiger partial charge in [0.25, 0.3) is 0 Å². The highest BCUT2D eigenvalue weighted by molar-refractivity contribution is 5.99. The van der Waals surface area contributed by atoms with Crippen LogP contribution >= 0.6 is 0 Å². The molecule has 6 atom stereocenters. The highest BCUT2D eigenvalue weighted by Gasteiger charge is 2.78. The van der Waals surface area contributed by atoms with Crippen molar-refractivity contribution in [1.82, 2.24) is 14.7 Å². The van der Waals surface area contributed by atoms with Gasteiger partial charge in [0.1, 0.15) is 11.6 Å². The lowest BCUT2D eigenvalue weighted by Gasteiger charge is -2.39. The number of aliphatic hydroxyl groups is 1. The topological polar surface area (TPSA) is 90.4 Å². The number of amides is 3. The van der Waals surface area contributed by atoms with E-state index < -0.39 is 29.1 Å². The number of likely N-dealkylation sites (tertiary alicyclic amines) is 1. The lowest BCUT2D eigenvalue weighted by molar-refractivity contribution is -0.154. The van der Waals surface area contributed by atoms with Crippen LogP contribution in [0.4, 0.5) is 0 Å². The van der Waals surface area contributed by atoms with Crippen LogP contribution in [0, 0.1) is 11.8 Å². The van der Waals surface area contributed by atoms with Crippen molar-refractivity contribution in [2.24, 2.45) is 11.8 Å². The number of aliphatic hydroxyl groups excluding tert-OH is 1. The Bertz CT molecular complexity index is 1110. The summed E-state index contributed by atoms with van der Waals surface area (Å²) in [5.41, 5.74) is -0.952. The van der Waals surface area contributed by atoms with Crippen molar-refractivity contribution in [1.29, 1.82) is 0 Å². The second-order valence-electron chi connectivity index (χ2n) is 11.7. The maximum absolute atomic E-state index is 14.4. The fraction of sp³-hybridized carbons (Fsp3) is 0.594. The van der Waals surface area contributed by atoms with Crippen LogP contribution < -0.4 is 0 Å². The van der Waals surface area contributed by atoms with Crippen LogP contribution in [0.25, 0.3) is 0 Å². The maximum atomic E-state index is 14.4. The summed E-state index contributed by atoms with van der Waals surface area (Å²) in [5, 5.41) is 9.63. The van der Waals surface area contributed by atoms with Gasteiger partial charge in [-0.15, -0.1) is 13.2 Å². The van der Waals surface area contributed by atoms with Crippen molar-refractivity contribution in [2.75, 3.05) is 26.2 Å². The summed E-state index contributed by atoms with van der Waals surface area (Å²) < 4.78 is 6.79. The Balaban J connectivity index is 1.74. The molecule has 1 aromatic carbocycles. The van der Waals surface area contributed by atoms with Gasteiger partial charge in [-0.05, 0) is 45.1 Å². The molecule has 0 aliphatic carbocycles. The third-order valence-corrected chi connectivity index (χ3v) is 9.06. The first-order valence-electron chi connectivity index (χ1n) is 14.7. The summed E-state index contributed by atoms with van der Waals surface area (Å²) in [4.78, 5) is 48.1. The Labute approximate surface area is 238 Å². The van der Waals surface area contributed by atoms with Gasteiger partial charge in [0.15, 0.2) is 0 Å². The molecule has 3 saturated heterocycles. The van der Waals surface area contributed by atoms with Crippen LogP contribution in [-0.4, -0.2) is 87.1 Å². The highest BCUT2D eigenvalue weighted by atomic mass is 16.5. The van der Waals surface area contributed by atoms with Gasteiger partial charge in [-0.2, -0.15) is 0 Å². The average molecular weight is 552 g/mol. The smallest absolute Gasteiger partial charge is 0.248 e. The quantitative estimate of drug-likeness (QED) is 0.357. The number of ether oxygens (including phenoxy) is 1. The molecule has 218 valence electrons. The van der Waals surface area contributed by atoms with Crippen molar-refractivity contribution >= 4 is 17.7 Å². The van der Waals surface area contributed by atoms with E-state index in [0.29, 0.717) is 38.9 Å². The molecule has 40 heavy (non-hydrogen) atoms. The Hall–Kier alpha value is -2.97. The van der Waals surface area contributed by atoms with Crippen LogP contribution in [0.5, 0.6) is 0 Å². The lowest BCUT2D eigenvalue weighted by atomic mass is 9.66. The molecular formula is C32H45N3O5. The van der Waals surface area contributed by atoms with Crippen LogP contribution in [0.2, 0.25) is 0 Å². The molecule has 4 rings (SSSR count). The summed E-state index contributed by atoms with van der Waals surface area (Å²) >= 11 is 0. The average Bonchev–Trinajstić information content (AvgIpc) is 3.50. The molecule has 3 amide bonds. The summed E-state index contributed by atoms with van der Waals surface area (Å²) in [7, 11) is 0. The Morgan fingerprint density at radius 3 is 2.50 bits per heavy atom. The molecule has 8 nitrogen and oxygen atoms in total. The summed E-state index contributed by atoms with van der Waals surface area (Å²) in [6, 6.07) is 8.87. The minimum atomic E-state index is -1.09. The van der Waals surface area contributed by atoms with E-state index >= 15 is 0 Å². The third kappa shape index (κ3) is 5.12. The van der Waals surface area contributed by atoms with E-state index in [2.05, 4.69) is 20.1 Å². The van der Waals surface area contributed by atoms with Gasteiger partial charge in [0, 0.05) is 38.8 Å². The molecule has 8 heteroatoms. The van der Waals surface area contributed by atoms with Gasteiger partial charge < -0.3 is 24.5 Å². The predicted octanol–water partition coefficient (Wildman–Crippen LogP) is 3.55. The molecule has 3 aliphatic heterocycles. The second-order valence-corrected chi connectivity index (χ2v) is 11.7. The number of hydrogen-bond donors (Lipinski definition) is 1. The Morgan fingerprint density at radius 2 is 1.88 bits per heavy atom. The molecule has 0 saturated carbocycles. The molecule has 3 unspecified atom stereocenters. The fourth-order valence-electron chi connectivity index (χ4n) is 7.31. The molecule has 1 aromatic rings. The van der Waals surface area contributed by atoms with Gasteiger partial charge in [-0.3, -0.25) is 14.4 Å². The molecule has 1 spiro atoms. The summed E-state index contributed by atoms with van der Waals surface area (Å²) in [5.74, 6) is -2.02. The normalized spacial score (nSPS) is 29.2. The number of carbonyl (C=O) groups is 3. The number of benzene rings is 1. The van der Waals surface area contributed by atoms with E-state index in [1.165, 1.54) is 0 Å². The van der Waals surface area contributed by atoms with Crippen LogP contribution in [-0.2, 0) is 25.7 Å². The molecular weight excluding hydrogens is 506 g/mol. The summed E-state index contributed by atoms with van der Waals surface area (Å²) in [6.45, 7) is 15.0. The van der Waals surface area contributed by atoms with E-state index in [0.717, 1.165) is 18.4 Å². The van der Waals surface area contributed by atoms with E-state index in [1.807, 2.05) is 44.2 Å². The van der Waals surface area contributed by atoms with Crippen molar-refractivity contribution < 1.29 is 24.2 Å². The van der Waals surface area contributed by atoms with Crippen LogP contribution in [0.3, 0.4) is 0 Å². The van der Waals surface area contributed by atoms with E-state index in [1.54, 1.807) is 26.9 Å². The van der Waals surface area contributed by atoms with Crippen LogP contribution in [0.15, 0.2) is 55.6 Å². The second kappa shape index (κ2) is 12.3. The van der Waals surface area contributed by atoms with Crippen molar-refractivity contribution in [3.8, 4) is 0 Å². The zero-order valence-corrected chi connectivity index (χ0v) is 24.3. The van der Waals surface area contributed by atoms with Gasteiger partial charge in [-0.25, -0.2) is 0 Å². The van der Waals surface area contributed by atoms with Gasteiger partial charge >= 0.3 is 0 Å². The standard InChI is InChI=1S/C32H45N3O5/c1-6-13-23(4)34(19-8-3)30(39)27-32-17-16-31(5,40-32)25(26(32)29(38)35(27)20-12-21-36)28(37)33(18-7-2)22-24-14-10-9-11-15-24/h7-11,14-15,23,25-27,36H,2-3,6,12-13,16-22H2,1,4-5H3/t23?,25-,26-,27?,31+,32?/m0/s1. The predicted molar refractivity (Wildman–Crippen MR) is 154 cm³/mol. The first kappa shape index (κ1) is 30.0. The van der Waals surface area contributed by atoms with Crippen molar-refractivity contribution in [3.05, 3.63) is 61.2 Å². The number of rotatable bonds is 14. The Kier molecular flexibility index (Phi) is 9.20. The van der Waals surface area contributed by atoms with E-state index in [9.17, 15) is 19.5 Å². The number of fused-ring (bicyclic) bond motifs is 1. The zero-order valence-electron chi connectivity index (χ0n) is 24.3. The lowest BCUT2D eigenvalue weighted by Crippen LogP contribution is -2.58. The number of carbonyl (C=O) groups excluding carboxylic acids is 3. The van der Waals surface area contributed by atoms with Gasteiger partial charge in [0.2, 0.25) is 17.7 Å². The van der Waals surface area contributed by atoms with Gasteiger partial charge in [0.05, 0.1) is 17.4 Å². The van der Waals surface area contributed by atoms with E-state index in [-0.39, 0.29) is 36.9 Å². The van der Waals surface area contributed by atoms with Crippen LogP contribution in [0.1, 0.15) is 58.4 Å². The monoisotopic (exact) mass is 551 g/mol. The molecule has 3 fully saturated rings. The molecule has 3 aliphatic rings. The molecule has 0 radical (unpaired) electrons. The maximum Gasteiger partial charge on any atom is 0.248 e. The Morgan fingerprint density at radius 1 is 1.18 bits per heavy atom. The highest BCUT2D eigenvalue weighted by Crippen LogP contribution is 2.63. The first-order valence-corrected chi connectivity index (χ1v) is 14.7. The summed E-state index contributed by atoms with van der Waals surface area (Å²) in [6.07, 6.45) is 6.61. The van der Waals surface area contributed by atoms with Gasteiger partial charge in [-0.1, -0.05) is 55.8 Å². The fourth-order valence-corrected chi connectivity index (χ4v) is 7.31. The molecule has 3 heterocycles. The molecule has 1 N–H and O–H groups in total. The minimum absolute atomic E-state index is 0.0404. The SMILES string of the molecule is C=CCN(Cc1ccccc1)C(=O)[C@@H]1[C@H]2C(=O)N(CCCO)C(C(=O)N(CC=C)C(C)CCC)C23CC[C@@]1(C)O3. The molecule has 2 bridgehead atoms. The largest absolute Gasteiger partial charge is 0.396 e. The first-order chi connectivity index (χ1) is 19.2. The van der Waals surface area contributed by atoms with Crippen molar-refractivity contribution in [3.63, 3.8) is 0 Å². The van der Waals surface area contributed by atoms with Crippen molar-refractivity contribution in [2.45, 2.75) is 82.7 Å². The number of nitrogens with zero attached hydrogens (tertiary/aromatic N) is 3. The van der Waals surface area contributed by atoms with E-state index in [4.69, 9.17) is 4.74 Å². The third-order valence-electron chi connectivity index (χ3n) is 9.06. The minimum Gasteiger partial charge on any atom is -0.396 e. The number of hydrogen-bond acceptors (Lipinski definition) is 5.